The molecule has 27 heavy (non-hydrogen) atoms. The number of hydrogen-bond donors (Lipinski definition) is 1. The zero-order chi connectivity index (χ0) is 19.4. The van der Waals surface area contributed by atoms with Gasteiger partial charge in [0.2, 0.25) is 11.8 Å². The second-order valence-electron chi connectivity index (χ2n) is 9.87. The molecule has 1 aliphatic heterocycles. The molecule has 1 aromatic rings. The molecule has 2 saturated carbocycles. The number of carbonyl (C=O) groups is 1. The van der Waals surface area contributed by atoms with Crippen molar-refractivity contribution < 1.29 is 14.6 Å². The molecule has 5 nitrogen and oxygen atoms in total. The molecule has 1 aromatic heterocycles. The number of likely N-dealkylation sites (tertiary alicyclic amines) is 1. The van der Waals surface area contributed by atoms with E-state index in [4.69, 9.17) is 9.72 Å². The molecule has 148 valence electrons. The SMILES string of the molecule is Cc1ccc(CC2CC3(C2)CN(C(=O)[C@H]2C[C@@](C)(O)C2)C3)nc1OC(C)C. The van der Waals surface area contributed by atoms with Gasteiger partial charge in [0.1, 0.15) is 0 Å². The highest BCUT2D eigenvalue weighted by molar-refractivity contribution is 5.81. The van der Waals surface area contributed by atoms with Gasteiger partial charge in [-0.1, -0.05) is 6.07 Å². The first-order chi connectivity index (χ1) is 12.6. The first kappa shape index (κ1) is 18.7. The molecule has 5 heteroatoms. The Morgan fingerprint density at radius 3 is 2.56 bits per heavy atom. The number of pyridine rings is 1. The van der Waals surface area contributed by atoms with E-state index in [-0.39, 0.29) is 17.9 Å². The largest absolute Gasteiger partial charge is 0.475 e. The van der Waals surface area contributed by atoms with Crippen LogP contribution >= 0.6 is 0 Å². The third-order valence-corrected chi connectivity index (χ3v) is 6.48. The fourth-order valence-electron chi connectivity index (χ4n) is 5.22. The van der Waals surface area contributed by atoms with Crippen molar-refractivity contribution >= 4 is 5.91 Å². The minimum absolute atomic E-state index is 0.0457. The smallest absolute Gasteiger partial charge is 0.225 e. The molecule has 0 atom stereocenters. The molecule has 1 saturated heterocycles. The fraction of sp³-hybridized carbons (Fsp3) is 0.727. The van der Waals surface area contributed by atoms with Crippen molar-refractivity contribution in [1.29, 1.82) is 0 Å². The second-order valence-corrected chi connectivity index (χ2v) is 9.87. The molecule has 1 N–H and O–H groups in total. The number of rotatable bonds is 5. The molecule has 3 fully saturated rings. The van der Waals surface area contributed by atoms with Crippen LogP contribution in [0.3, 0.4) is 0 Å². The quantitative estimate of drug-likeness (QED) is 0.863. The Labute approximate surface area is 162 Å². The number of aromatic nitrogens is 1. The van der Waals surface area contributed by atoms with Gasteiger partial charge in [-0.3, -0.25) is 4.79 Å². The molecule has 4 rings (SSSR count). The van der Waals surface area contributed by atoms with Crippen LogP contribution in [0.4, 0.5) is 0 Å². The predicted molar refractivity (Wildman–Crippen MR) is 104 cm³/mol. The predicted octanol–water partition coefficient (Wildman–Crippen LogP) is 3.12. The summed E-state index contributed by atoms with van der Waals surface area (Å²) >= 11 is 0. The number of aliphatic hydroxyl groups is 1. The zero-order valence-corrected chi connectivity index (χ0v) is 17.0. The molecule has 2 aliphatic carbocycles. The van der Waals surface area contributed by atoms with E-state index in [0.29, 0.717) is 24.2 Å². The lowest BCUT2D eigenvalue weighted by atomic mass is 9.56. The first-order valence-electron chi connectivity index (χ1n) is 10.3. The van der Waals surface area contributed by atoms with Crippen molar-refractivity contribution in [1.82, 2.24) is 9.88 Å². The first-order valence-corrected chi connectivity index (χ1v) is 10.3. The van der Waals surface area contributed by atoms with Crippen LogP contribution in [-0.2, 0) is 11.2 Å². The number of aryl methyl sites for hydroxylation is 1. The zero-order valence-electron chi connectivity index (χ0n) is 17.0. The Morgan fingerprint density at radius 2 is 1.96 bits per heavy atom. The van der Waals surface area contributed by atoms with E-state index >= 15 is 0 Å². The lowest BCUT2D eigenvalue weighted by Crippen LogP contribution is -2.66. The molecular weight excluding hydrogens is 340 g/mol. The molecule has 0 unspecified atom stereocenters. The molecule has 3 aliphatic rings. The van der Waals surface area contributed by atoms with Gasteiger partial charge < -0.3 is 14.7 Å². The highest BCUT2D eigenvalue weighted by atomic mass is 16.5. The molecule has 0 bridgehead atoms. The van der Waals surface area contributed by atoms with Crippen LogP contribution in [0.15, 0.2) is 12.1 Å². The van der Waals surface area contributed by atoms with Crippen LogP contribution in [-0.4, -0.2) is 45.7 Å². The van der Waals surface area contributed by atoms with Gasteiger partial charge in [-0.2, -0.15) is 0 Å². The van der Waals surface area contributed by atoms with E-state index in [1.54, 1.807) is 0 Å². The van der Waals surface area contributed by atoms with Crippen molar-refractivity contribution in [2.24, 2.45) is 17.3 Å². The van der Waals surface area contributed by atoms with E-state index < -0.39 is 5.60 Å². The minimum atomic E-state index is -0.621. The van der Waals surface area contributed by atoms with Crippen LogP contribution in [0.25, 0.3) is 0 Å². The van der Waals surface area contributed by atoms with Crippen molar-refractivity contribution in [3.05, 3.63) is 23.4 Å². The fourth-order valence-corrected chi connectivity index (χ4v) is 5.22. The van der Waals surface area contributed by atoms with Crippen LogP contribution in [0.1, 0.15) is 57.7 Å². The minimum Gasteiger partial charge on any atom is -0.475 e. The van der Waals surface area contributed by atoms with Gasteiger partial charge in [-0.05, 0) is 71.8 Å². The standard InChI is InChI=1S/C22H32N2O3/c1-14(2)27-19-15(3)5-6-18(23-19)7-16-8-22(9-16)12-24(13-22)20(25)17-10-21(4,26)11-17/h5-6,14,16-17,26H,7-13H2,1-4H3/t17-,21+. The summed E-state index contributed by atoms with van der Waals surface area (Å²) in [4.78, 5) is 19.2. The van der Waals surface area contributed by atoms with E-state index in [0.717, 1.165) is 36.6 Å². The maximum absolute atomic E-state index is 12.4. The third kappa shape index (κ3) is 3.71. The Kier molecular flexibility index (Phi) is 4.49. The topological polar surface area (TPSA) is 62.7 Å². The van der Waals surface area contributed by atoms with Crippen LogP contribution in [0, 0.1) is 24.2 Å². The van der Waals surface area contributed by atoms with E-state index in [9.17, 15) is 9.90 Å². The number of amides is 1. The summed E-state index contributed by atoms with van der Waals surface area (Å²) in [7, 11) is 0. The van der Waals surface area contributed by atoms with Crippen LogP contribution in [0.5, 0.6) is 5.88 Å². The van der Waals surface area contributed by atoms with Gasteiger partial charge in [-0.25, -0.2) is 4.98 Å². The van der Waals surface area contributed by atoms with E-state index in [2.05, 4.69) is 12.1 Å². The second kappa shape index (κ2) is 6.47. The van der Waals surface area contributed by atoms with Gasteiger partial charge in [-0.15, -0.1) is 0 Å². The number of carbonyl (C=O) groups excluding carboxylic acids is 1. The van der Waals surface area contributed by atoms with Gasteiger partial charge in [0.25, 0.3) is 0 Å². The molecule has 0 aromatic carbocycles. The summed E-state index contributed by atoms with van der Waals surface area (Å²) in [6, 6.07) is 4.22. The Hall–Kier alpha value is -1.62. The molecule has 0 radical (unpaired) electrons. The van der Waals surface area contributed by atoms with Crippen molar-refractivity contribution in [2.45, 2.75) is 71.5 Å². The van der Waals surface area contributed by atoms with Crippen molar-refractivity contribution in [2.75, 3.05) is 13.1 Å². The Bertz CT molecular complexity index is 721. The summed E-state index contributed by atoms with van der Waals surface area (Å²) < 4.78 is 5.81. The molecule has 1 spiro atoms. The summed E-state index contributed by atoms with van der Waals surface area (Å²) in [5.41, 5.74) is 1.93. The van der Waals surface area contributed by atoms with Gasteiger partial charge in [0, 0.05) is 35.7 Å². The van der Waals surface area contributed by atoms with Crippen LogP contribution in [0.2, 0.25) is 0 Å². The summed E-state index contributed by atoms with van der Waals surface area (Å²) in [5.74, 6) is 1.72. The Balaban J connectivity index is 1.25. The number of nitrogens with zero attached hydrogens (tertiary/aromatic N) is 2. The van der Waals surface area contributed by atoms with Gasteiger partial charge >= 0.3 is 0 Å². The summed E-state index contributed by atoms with van der Waals surface area (Å²) in [6.45, 7) is 9.72. The normalized spacial score (nSPS) is 29.3. The Morgan fingerprint density at radius 1 is 1.30 bits per heavy atom. The summed E-state index contributed by atoms with van der Waals surface area (Å²) in [5, 5.41) is 9.84. The number of hydrogen-bond acceptors (Lipinski definition) is 4. The van der Waals surface area contributed by atoms with E-state index in [1.165, 1.54) is 12.8 Å². The van der Waals surface area contributed by atoms with E-state index in [1.807, 2.05) is 32.6 Å². The highest BCUT2D eigenvalue weighted by Gasteiger charge is 2.55. The summed E-state index contributed by atoms with van der Waals surface area (Å²) in [6.07, 6.45) is 4.76. The van der Waals surface area contributed by atoms with Gasteiger partial charge in [0.05, 0.1) is 11.7 Å². The number of ether oxygens (including phenoxy) is 1. The lowest BCUT2D eigenvalue weighted by molar-refractivity contribution is -0.171. The van der Waals surface area contributed by atoms with Crippen LogP contribution < -0.4 is 4.74 Å². The van der Waals surface area contributed by atoms with Crippen molar-refractivity contribution in [3.63, 3.8) is 0 Å². The molecular formula is C22H32N2O3. The molecule has 1 amide bonds. The third-order valence-electron chi connectivity index (χ3n) is 6.48. The highest BCUT2D eigenvalue weighted by Crippen LogP contribution is 2.53. The average molecular weight is 373 g/mol. The van der Waals surface area contributed by atoms with Crippen molar-refractivity contribution in [3.8, 4) is 5.88 Å². The average Bonchev–Trinajstić information content (AvgIpc) is 2.47. The monoisotopic (exact) mass is 372 g/mol. The lowest BCUT2D eigenvalue weighted by Gasteiger charge is -2.60. The maximum atomic E-state index is 12.4. The van der Waals surface area contributed by atoms with Gasteiger partial charge in [0.15, 0.2) is 0 Å². The molecule has 2 heterocycles. The maximum Gasteiger partial charge on any atom is 0.225 e.